The van der Waals surface area contributed by atoms with E-state index >= 15 is 0 Å². The monoisotopic (exact) mass is 326 g/mol. The number of alkyl halides is 3. The number of hydrogen-bond donors (Lipinski definition) is 1. The summed E-state index contributed by atoms with van der Waals surface area (Å²) in [5.41, 5.74) is -1.19. The zero-order valence-electron chi connectivity index (χ0n) is 12.1. The van der Waals surface area contributed by atoms with Gasteiger partial charge in [-0.3, -0.25) is 0 Å². The van der Waals surface area contributed by atoms with Crippen molar-refractivity contribution in [3.63, 3.8) is 0 Å². The summed E-state index contributed by atoms with van der Waals surface area (Å²) in [5.74, 6) is -0.219. The molecule has 0 atom stereocenters. The number of rotatable bonds is 3. The third-order valence-electron chi connectivity index (χ3n) is 3.63. The summed E-state index contributed by atoms with van der Waals surface area (Å²) >= 11 is 0. The molecule has 0 aliphatic carbocycles. The van der Waals surface area contributed by atoms with E-state index in [-0.39, 0.29) is 5.69 Å². The molecule has 1 aromatic carbocycles. The number of nitrogens with one attached hydrogen (secondary N) is 1. The lowest BCUT2D eigenvalue weighted by Crippen LogP contribution is -2.19. The van der Waals surface area contributed by atoms with Crippen molar-refractivity contribution >= 4 is 17.3 Å². The van der Waals surface area contributed by atoms with Crippen LogP contribution in [0.1, 0.15) is 18.4 Å². The predicted molar refractivity (Wildman–Crippen MR) is 78.2 cm³/mol. The van der Waals surface area contributed by atoms with Gasteiger partial charge in [0.2, 0.25) is 0 Å². The molecule has 4 nitrogen and oxygen atoms in total. The Balaban J connectivity index is 1.83. The van der Waals surface area contributed by atoms with Gasteiger partial charge in [0.05, 0.1) is 5.56 Å². The molecule has 1 aliphatic rings. The molecule has 0 amide bonds. The topological polar surface area (TPSA) is 41.0 Å². The maximum Gasteiger partial charge on any atom is 0.419 e. The Morgan fingerprint density at radius 2 is 1.78 bits per heavy atom. The average Bonchev–Trinajstić information content (AvgIpc) is 3.03. The Hall–Kier alpha value is -2.38. The van der Waals surface area contributed by atoms with Crippen LogP contribution in [-0.2, 0) is 6.18 Å². The van der Waals surface area contributed by atoms with Gasteiger partial charge in [-0.1, -0.05) is 0 Å². The van der Waals surface area contributed by atoms with Crippen LogP contribution in [0.25, 0.3) is 0 Å². The smallest absolute Gasteiger partial charge is 0.356 e. The van der Waals surface area contributed by atoms with E-state index in [1.165, 1.54) is 12.4 Å². The highest BCUT2D eigenvalue weighted by Gasteiger charge is 2.34. The molecule has 0 spiro atoms. The van der Waals surface area contributed by atoms with Gasteiger partial charge in [-0.25, -0.2) is 14.4 Å². The van der Waals surface area contributed by atoms with Crippen molar-refractivity contribution in [2.45, 2.75) is 19.0 Å². The van der Waals surface area contributed by atoms with Crippen LogP contribution in [0, 0.1) is 5.82 Å². The largest absolute Gasteiger partial charge is 0.419 e. The van der Waals surface area contributed by atoms with Crippen LogP contribution in [0.5, 0.6) is 0 Å². The fourth-order valence-electron chi connectivity index (χ4n) is 2.50. The van der Waals surface area contributed by atoms with Crippen LogP contribution >= 0.6 is 0 Å². The molecular formula is C15H14F4N4. The molecule has 2 aromatic rings. The Kier molecular flexibility index (Phi) is 4.06. The van der Waals surface area contributed by atoms with Crippen LogP contribution in [0.3, 0.4) is 0 Å². The molecule has 3 rings (SSSR count). The van der Waals surface area contributed by atoms with Crippen molar-refractivity contribution < 1.29 is 17.6 Å². The highest BCUT2D eigenvalue weighted by atomic mass is 19.4. The quantitative estimate of drug-likeness (QED) is 0.866. The average molecular weight is 326 g/mol. The standard InChI is InChI=1S/C15H14F4N4/c16-12-4-3-10(7-11(12)15(17,18)19)22-13-8-14(21-9-20-13)23-5-1-2-6-23/h3-4,7-9H,1-2,5-6H2,(H,20,21,22). The highest BCUT2D eigenvalue weighted by molar-refractivity contribution is 5.60. The fourth-order valence-corrected chi connectivity index (χ4v) is 2.50. The molecule has 122 valence electrons. The van der Waals surface area contributed by atoms with Crippen molar-refractivity contribution in [3.8, 4) is 0 Å². The van der Waals surface area contributed by atoms with Gasteiger partial charge in [-0.2, -0.15) is 13.2 Å². The van der Waals surface area contributed by atoms with Crippen molar-refractivity contribution in [2.75, 3.05) is 23.3 Å². The van der Waals surface area contributed by atoms with E-state index in [9.17, 15) is 17.6 Å². The molecular weight excluding hydrogens is 312 g/mol. The molecule has 23 heavy (non-hydrogen) atoms. The first-order valence-corrected chi connectivity index (χ1v) is 7.14. The molecule has 0 radical (unpaired) electrons. The summed E-state index contributed by atoms with van der Waals surface area (Å²) in [6.45, 7) is 1.79. The van der Waals surface area contributed by atoms with Crippen LogP contribution in [-0.4, -0.2) is 23.1 Å². The van der Waals surface area contributed by atoms with E-state index in [0.29, 0.717) is 5.82 Å². The third-order valence-corrected chi connectivity index (χ3v) is 3.63. The second kappa shape index (κ2) is 6.02. The summed E-state index contributed by atoms with van der Waals surface area (Å²) in [6, 6.07) is 4.42. The Bertz CT molecular complexity index is 696. The van der Waals surface area contributed by atoms with Gasteiger partial charge in [0.1, 0.15) is 23.8 Å². The van der Waals surface area contributed by atoms with Crippen LogP contribution in [0.4, 0.5) is 34.9 Å². The molecule has 1 fully saturated rings. The van der Waals surface area contributed by atoms with Gasteiger partial charge in [-0.05, 0) is 31.0 Å². The van der Waals surface area contributed by atoms with E-state index in [1.54, 1.807) is 6.07 Å². The summed E-state index contributed by atoms with van der Waals surface area (Å²) in [7, 11) is 0. The van der Waals surface area contributed by atoms with E-state index in [1.807, 2.05) is 0 Å². The first-order valence-electron chi connectivity index (χ1n) is 7.14. The third kappa shape index (κ3) is 3.52. The molecule has 1 aliphatic heterocycles. The van der Waals surface area contributed by atoms with Crippen LogP contribution in [0.2, 0.25) is 0 Å². The first kappa shape index (κ1) is 15.5. The van der Waals surface area contributed by atoms with E-state index in [0.717, 1.165) is 43.9 Å². The maximum atomic E-state index is 13.3. The number of hydrogen-bond acceptors (Lipinski definition) is 4. The minimum Gasteiger partial charge on any atom is -0.356 e. The maximum absolute atomic E-state index is 13.3. The molecule has 1 saturated heterocycles. The summed E-state index contributed by atoms with van der Waals surface area (Å²) in [4.78, 5) is 10.2. The van der Waals surface area contributed by atoms with E-state index in [4.69, 9.17) is 0 Å². The Morgan fingerprint density at radius 1 is 1.04 bits per heavy atom. The van der Waals surface area contributed by atoms with Gasteiger partial charge in [0.25, 0.3) is 0 Å². The van der Waals surface area contributed by atoms with Gasteiger partial charge in [-0.15, -0.1) is 0 Å². The minimum atomic E-state index is -4.74. The number of halogens is 4. The molecule has 0 bridgehead atoms. The van der Waals surface area contributed by atoms with Gasteiger partial charge in [0.15, 0.2) is 0 Å². The lowest BCUT2D eigenvalue weighted by atomic mass is 10.2. The first-order chi connectivity index (χ1) is 10.9. The SMILES string of the molecule is Fc1ccc(Nc2cc(N3CCCC3)ncn2)cc1C(F)(F)F. The number of benzene rings is 1. The van der Waals surface area contributed by atoms with Gasteiger partial charge >= 0.3 is 6.18 Å². The van der Waals surface area contributed by atoms with Crippen LogP contribution < -0.4 is 10.2 Å². The molecule has 1 N–H and O–H groups in total. The second-order valence-corrected chi connectivity index (χ2v) is 5.27. The zero-order valence-corrected chi connectivity index (χ0v) is 12.1. The minimum absolute atomic E-state index is 0.116. The van der Waals surface area contributed by atoms with Crippen molar-refractivity contribution in [2.24, 2.45) is 0 Å². The molecule has 2 heterocycles. The molecule has 1 aromatic heterocycles. The molecule has 0 unspecified atom stereocenters. The van der Waals surface area contributed by atoms with Crippen LogP contribution in [0.15, 0.2) is 30.6 Å². The van der Waals surface area contributed by atoms with Gasteiger partial charge < -0.3 is 10.2 Å². The van der Waals surface area contributed by atoms with Crippen molar-refractivity contribution in [1.82, 2.24) is 9.97 Å². The summed E-state index contributed by atoms with van der Waals surface area (Å²) in [6.07, 6.45) is -1.22. The number of anilines is 3. The fraction of sp³-hybridized carbons (Fsp3) is 0.333. The Labute approximate surface area is 130 Å². The summed E-state index contributed by atoms with van der Waals surface area (Å²) in [5, 5.41) is 2.76. The second-order valence-electron chi connectivity index (χ2n) is 5.27. The lowest BCUT2D eigenvalue weighted by Gasteiger charge is -2.17. The zero-order chi connectivity index (χ0) is 16.4. The van der Waals surface area contributed by atoms with Crippen molar-refractivity contribution in [3.05, 3.63) is 42.0 Å². The van der Waals surface area contributed by atoms with E-state index in [2.05, 4.69) is 20.2 Å². The number of nitrogens with zero attached hydrogens (tertiary/aromatic N) is 3. The summed E-state index contributed by atoms with van der Waals surface area (Å²) < 4.78 is 51.5. The lowest BCUT2D eigenvalue weighted by molar-refractivity contribution is -0.139. The molecule has 0 saturated carbocycles. The number of aromatic nitrogens is 2. The van der Waals surface area contributed by atoms with Gasteiger partial charge in [0, 0.05) is 24.8 Å². The van der Waals surface area contributed by atoms with Crippen molar-refractivity contribution in [1.29, 1.82) is 0 Å². The Morgan fingerprint density at radius 3 is 2.48 bits per heavy atom. The normalized spacial score (nSPS) is 15.0. The predicted octanol–water partition coefficient (Wildman–Crippen LogP) is 3.98. The van der Waals surface area contributed by atoms with E-state index < -0.39 is 17.6 Å². The molecule has 8 heteroatoms. The highest BCUT2D eigenvalue weighted by Crippen LogP contribution is 2.33.